The molecule has 0 atom stereocenters. The van der Waals surface area contributed by atoms with E-state index in [4.69, 9.17) is 4.74 Å². The number of aryl methyl sites for hydroxylation is 1. The van der Waals surface area contributed by atoms with Gasteiger partial charge in [0.1, 0.15) is 5.69 Å². The monoisotopic (exact) mass is 382 g/mol. The van der Waals surface area contributed by atoms with Crippen molar-refractivity contribution in [2.75, 3.05) is 39.4 Å². The molecule has 1 aromatic carbocycles. The zero-order valence-corrected chi connectivity index (χ0v) is 16.1. The van der Waals surface area contributed by atoms with E-state index in [-0.39, 0.29) is 17.5 Å². The van der Waals surface area contributed by atoms with Crippen LogP contribution in [0.2, 0.25) is 0 Å². The summed E-state index contributed by atoms with van der Waals surface area (Å²) < 4.78 is 5.31. The average molecular weight is 382 g/mol. The number of carbonyl (C=O) groups excluding carboxylic acids is 2. The van der Waals surface area contributed by atoms with Gasteiger partial charge in [-0.1, -0.05) is 29.8 Å². The van der Waals surface area contributed by atoms with Crippen molar-refractivity contribution in [1.82, 2.24) is 20.5 Å². The van der Waals surface area contributed by atoms with Crippen LogP contribution in [0.3, 0.4) is 0 Å². The molecular weight excluding hydrogens is 356 g/mol. The molecule has 28 heavy (non-hydrogen) atoms. The summed E-state index contributed by atoms with van der Waals surface area (Å²) in [5, 5.41) is 5.74. The number of rotatable bonds is 7. The first kappa shape index (κ1) is 20.0. The maximum atomic E-state index is 12.4. The maximum absolute atomic E-state index is 12.4. The van der Waals surface area contributed by atoms with E-state index in [1.165, 1.54) is 12.3 Å². The Morgan fingerprint density at radius 1 is 1.11 bits per heavy atom. The molecule has 1 aliphatic rings. The lowest BCUT2D eigenvalue weighted by atomic mass is 10.1. The minimum absolute atomic E-state index is 0.230. The molecule has 0 aliphatic carbocycles. The highest BCUT2D eigenvalue weighted by atomic mass is 16.5. The molecule has 1 saturated heterocycles. The lowest BCUT2D eigenvalue weighted by molar-refractivity contribution is 0.0383. The van der Waals surface area contributed by atoms with Crippen molar-refractivity contribution < 1.29 is 14.3 Å². The number of ether oxygens (including phenoxy) is 1. The van der Waals surface area contributed by atoms with E-state index >= 15 is 0 Å². The normalized spacial score (nSPS) is 14.5. The molecule has 148 valence electrons. The van der Waals surface area contributed by atoms with Crippen LogP contribution < -0.4 is 10.6 Å². The van der Waals surface area contributed by atoms with Crippen LogP contribution in [0, 0.1) is 6.92 Å². The molecule has 0 unspecified atom stereocenters. The number of carbonyl (C=O) groups is 2. The topological polar surface area (TPSA) is 83.6 Å². The maximum Gasteiger partial charge on any atom is 0.269 e. The Morgan fingerprint density at radius 3 is 2.71 bits per heavy atom. The predicted molar refractivity (Wildman–Crippen MR) is 106 cm³/mol. The summed E-state index contributed by atoms with van der Waals surface area (Å²) in [6.07, 6.45) is 1.48. The molecule has 2 amide bonds. The van der Waals surface area contributed by atoms with E-state index in [9.17, 15) is 9.59 Å². The van der Waals surface area contributed by atoms with Gasteiger partial charge in [0.25, 0.3) is 11.8 Å². The number of amides is 2. The molecule has 0 radical (unpaired) electrons. The summed E-state index contributed by atoms with van der Waals surface area (Å²) in [5.41, 5.74) is 2.83. The SMILES string of the molecule is Cc1cccc(CNC(=O)c2ccnc(C(=O)NCCN3CCOCC3)c2)c1. The number of hydrogen-bond donors (Lipinski definition) is 2. The van der Waals surface area contributed by atoms with Crippen molar-refractivity contribution in [3.8, 4) is 0 Å². The standard InChI is InChI=1S/C21H26N4O3/c1-16-3-2-4-17(13-16)15-24-20(26)18-5-6-22-19(14-18)21(27)23-7-8-25-9-11-28-12-10-25/h2-6,13-14H,7-12,15H2,1H3,(H,23,27)(H,24,26). The molecule has 2 heterocycles. The van der Waals surface area contributed by atoms with Gasteiger partial charge in [0.05, 0.1) is 13.2 Å². The van der Waals surface area contributed by atoms with E-state index in [0.29, 0.717) is 18.7 Å². The van der Waals surface area contributed by atoms with Gasteiger partial charge < -0.3 is 15.4 Å². The highest BCUT2D eigenvalue weighted by molar-refractivity contribution is 5.98. The smallest absolute Gasteiger partial charge is 0.269 e. The van der Waals surface area contributed by atoms with Crippen LogP contribution in [0.5, 0.6) is 0 Å². The lowest BCUT2D eigenvalue weighted by Gasteiger charge is -2.26. The van der Waals surface area contributed by atoms with Gasteiger partial charge >= 0.3 is 0 Å². The second-order valence-electron chi connectivity index (χ2n) is 6.81. The van der Waals surface area contributed by atoms with Crippen LogP contribution >= 0.6 is 0 Å². The van der Waals surface area contributed by atoms with Gasteiger partial charge in [0.15, 0.2) is 0 Å². The average Bonchev–Trinajstić information content (AvgIpc) is 2.73. The molecule has 3 rings (SSSR count). The van der Waals surface area contributed by atoms with Gasteiger partial charge in [-0.05, 0) is 24.6 Å². The van der Waals surface area contributed by atoms with Crippen LogP contribution in [-0.4, -0.2) is 61.1 Å². The molecule has 0 bridgehead atoms. The molecule has 0 saturated carbocycles. The molecule has 7 heteroatoms. The summed E-state index contributed by atoms with van der Waals surface area (Å²) in [4.78, 5) is 31.1. The van der Waals surface area contributed by atoms with E-state index in [1.807, 2.05) is 31.2 Å². The van der Waals surface area contributed by atoms with Gasteiger partial charge in [-0.25, -0.2) is 0 Å². The van der Waals surface area contributed by atoms with Crippen LogP contribution in [-0.2, 0) is 11.3 Å². The van der Waals surface area contributed by atoms with E-state index in [1.54, 1.807) is 6.07 Å². The third kappa shape index (κ3) is 5.87. The third-order valence-electron chi connectivity index (χ3n) is 4.61. The lowest BCUT2D eigenvalue weighted by Crippen LogP contribution is -2.41. The zero-order chi connectivity index (χ0) is 19.8. The van der Waals surface area contributed by atoms with Crippen LogP contribution in [0.15, 0.2) is 42.6 Å². The fourth-order valence-corrected chi connectivity index (χ4v) is 3.05. The fourth-order valence-electron chi connectivity index (χ4n) is 3.05. The van der Waals surface area contributed by atoms with Crippen LogP contribution in [0.1, 0.15) is 32.0 Å². The summed E-state index contributed by atoms with van der Waals surface area (Å²) in [6.45, 7) is 6.97. The van der Waals surface area contributed by atoms with Gasteiger partial charge in [0, 0.05) is 44.5 Å². The molecule has 2 N–H and O–H groups in total. The molecular formula is C21H26N4O3. The van der Waals surface area contributed by atoms with Crippen molar-refractivity contribution in [3.63, 3.8) is 0 Å². The first-order valence-electron chi connectivity index (χ1n) is 9.50. The fraction of sp³-hybridized carbons (Fsp3) is 0.381. The van der Waals surface area contributed by atoms with Crippen molar-refractivity contribution in [1.29, 1.82) is 0 Å². The first-order valence-corrected chi connectivity index (χ1v) is 9.50. The van der Waals surface area contributed by atoms with Gasteiger partial charge in [-0.3, -0.25) is 19.5 Å². The summed E-state index contributed by atoms with van der Waals surface area (Å²) >= 11 is 0. The number of aromatic nitrogens is 1. The number of nitrogens with zero attached hydrogens (tertiary/aromatic N) is 2. The largest absolute Gasteiger partial charge is 0.379 e. The Kier molecular flexibility index (Phi) is 7.11. The highest BCUT2D eigenvalue weighted by Gasteiger charge is 2.13. The van der Waals surface area contributed by atoms with Crippen molar-refractivity contribution >= 4 is 11.8 Å². The second kappa shape index (κ2) is 9.96. The Labute approximate surface area is 165 Å². The highest BCUT2D eigenvalue weighted by Crippen LogP contribution is 2.06. The predicted octanol–water partition coefficient (Wildman–Crippen LogP) is 1.38. The number of nitrogens with one attached hydrogen (secondary N) is 2. The molecule has 7 nitrogen and oxygen atoms in total. The Balaban J connectivity index is 1.50. The zero-order valence-electron chi connectivity index (χ0n) is 16.1. The van der Waals surface area contributed by atoms with Crippen molar-refractivity contribution in [3.05, 3.63) is 65.0 Å². The molecule has 1 fully saturated rings. The van der Waals surface area contributed by atoms with Gasteiger partial charge in [0.2, 0.25) is 0 Å². The van der Waals surface area contributed by atoms with E-state index < -0.39 is 0 Å². The number of hydrogen-bond acceptors (Lipinski definition) is 5. The second-order valence-corrected chi connectivity index (χ2v) is 6.81. The van der Waals surface area contributed by atoms with E-state index in [0.717, 1.165) is 44.0 Å². The third-order valence-corrected chi connectivity index (χ3v) is 4.61. The summed E-state index contributed by atoms with van der Waals surface area (Å²) in [7, 11) is 0. The molecule has 1 aromatic heterocycles. The minimum atomic E-state index is -0.276. The van der Waals surface area contributed by atoms with Gasteiger partial charge in [-0.2, -0.15) is 0 Å². The number of pyridine rings is 1. The summed E-state index contributed by atoms with van der Waals surface area (Å²) in [5.74, 6) is -0.507. The number of benzene rings is 1. The Bertz CT molecular complexity index is 819. The quantitative estimate of drug-likeness (QED) is 0.756. The van der Waals surface area contributed by atoms with Crippen LogP contribution in [0.4, 0.5) is 0 Å². The minimum Gasteiger partial charge on any atom is -0.379 e. The Hall–Kier alpha value is -2.77. The van der Waals surface area contributed by atoms with Crippen molar-refractivity contribution in [2.24, 2.45) is 0 Å². The Morgan fingerprint density at radius 2 is 1.93 bits per heavy atom. The van der Waals surface area contributed by atoms with Gasteiger partial charge in [-0.15, -0.1) is 0 Å². The van der Waals surface area contributed by atoms with E-state index in [2.05, 4.69) is 20.5 Å². The first-order chi connectivity index (χ1) is 13.6. The van der Waals surface area contributed by atoms with Crippen molar-refractivity contribution in [2.45, 2.75) is 13.5 Å². The van der Waals surface area contributed by atoms with Crippen LogP contribution in [0.25, 0.3) is 0 Å². The summed E-state index contributed by atoms with van der Waals surface area (Å²) in [6, 6.07) is 11.1. The molecule has 1 aliphatic heterocycles. The number of morpholine rings is 1. The molecule has 0 spiro atoms. The molecule has 2 aromatic rings.